The average Bonchev–Trinajstić information content (AvgIpc) is 3.30. The highest BCUT2D eigenvalue weighted by molar-refractivity contribution is 5.97. The number of carbonyl (C=O) groups is 6. The van der Waals surface area contributed by atoms with E-state index in [0.29, 0.717) is 12.8 Å². The monoisotopic (exact) mass is 533 g/mol. The van der Waals surface area contributed by atoms with Crippen molar-refractivity contribution in [2.75, 3.05) is 6.54 Å². The van der Waals surface area contributed by atoms with E-state index in [2.05, 4.69) is 10.6 Å². The van der Waals surface area contributed by atoms with Crippen LogP contribution in [0.5, 0.6) is 0 Å². The van der Waals surface area contributed by atoms with E-state index < -0.39 is 72.3 Å². The van der Waals surface area contributed by atoms with Crippen molar-refractivity contribution in [3.63, 3.8) is 0 Å². The fraction of sp³-hybridized carbons (Fsp3) is 0.520. The number of rotatable bonds is 11. The summed E-state index contributed by atoms with van der Waals surface area (Å²) >= 11 is 0. The molecular formula is C25H35N5O8. The minimum atomic E-state index is -1.49. The van der Waals surface area contributed by atoms with E-state index >= 15 is 0 Å². The van der Waals surface area contributed by atoms with Crippen molar-refractivity contribution in [1.29, 1.82) is 0 Å². The average molecular weight is 534 g/mol. The van der Waals surface area contributed by atoms with Crippen molar-refractivity contribution in [3.05, 3.63) is 35.9 Å². The number of hydrogen-bond donors (Lipinski definition) is 4. The van der Waals surface area contributed by atoms with E-state index in [1.165, 1.54) is 4.90 Å². The normalized spacial score (nSPS) is 16.6. The number of carbonyl (C=O) groups excluding carboxylic acids is 6. The molecule has 1 aliphatic heterocycles. The molecule has 0 saturated carbocycles. The zero-order chi connectivity index (χ0) is 28.5. The Kier molecular flexibility index (Phi) is 10.6. The lowest BCUT2D eigenvalue weighted by Crippen LogP contribution is -2.57. The van der Waals surface area contributed by atoms with Gasteiger partial charge in [0, 0.05) is 6.54 Å². The topological polar surface area (TPSA) is 200 Å². The SMILES string of the molecule is CC(C)(C)OC(=O)N[C@@H](CC(N)=O)C(=O)N[C@@H](CC(N)=O)C(=O)N1CCC[C@H]1C(=O)OCc1ccccc1. The van der Waals surface area contributed by atoms with Crippen LogP contribution >= 0.6 is 0 Å². The van der Waals surface area contributed by atoms with Gasteiger partial charge in [0.1, 0.15) is 30.3 Å². The number of nitrogens with two attached hydrogens (primary N) is 2. The zero-order valence-electron chi connectivity index (χ0n) is 21.7. The smallest absolute Gasteiger partial charge is 0.408 e. The first-order chi connectivity index (χ1) is 17.8. The molecule has 0 aromatic heterocycles. The second-order valence-corrected chi connectivity index (χ2v) is 9.88. The van der Waals surface area contributed by atoms with Gasteiger partial charge in [0.2, 0.25) is 23.6 Å². The molecule has 6 N–H and O–H groups in total. The highest BCUT2D eigenvalue weighted by Crippen LogP contribution is 2.21. The molecule has 1 heterocycles. The Labute approximate surface area is 220 Å². The van der Waals surface area contributed by atoms with Crippen LogP contribution in [0.4, 0.5) is 4.79 Å². The maximum Gasteiger partial charge on any atom is 0.408 e. The first-order valence-electron chi connectivity index (χ1n) is 12.1. The van der Waals surface area contributed by atoms with E-state index in [1.54, 1.807) is 45.0 Å². The van der Waals surface area contributed by atoms with Gasteiger partial charge in [0.15, 0.2) is 0 Å². The Morgan fingerprint density at radius 2 is 1.58 bits per heavy atom. The van der Waals surface area contributed by atoms with Crippen LogP contribution in [0.3, 0.4) is 0 Å². The van der Waals surface area contributed by atoms with Crippen LogP contribution in [0.15, 0.2) is 30.3 Å². The van der Waals surface area contributed by atoms with Gasteiger partial charge in [-0.05, 0) is 39.2 Å². The summed E-state index contributed by atoms with van der Waals surface area (Å²) in [5.74, 6) is -4.11. The molecule has 1 aromatic carbocycles. The van der Waals surface area contributed by atoms with Gasteiger partial charge in [-0.1, -0.05) is 30.3 Å². The highest BCUT2D eigenvalue weighted by atomic mass is 16.6. The third-order valence-electron chi connectivity index (χ3n) is 5.46. The second kappa shape index (κ2) is 13.4. The molecule has 3 atom stereocenters. The van der Waals surface area contributed by atoms with Gasteiger partial charge in [-0.15, -0.1) is 0 Å². The van der Waals surface area contributed by atoms with Crippen molar-refractivity contribution in [3.8, 4) is 0 Å². The van der Waals surface area contributed by atoms with Gasteiger partial charge in [0.05, 0.1) is 12.8 Å². The summed E-state index contributed by atoms with van der Waals surface area (Å²) in [7, 11) is 0. The summed E-state index contributed by atoms with van der Waals surface area (Å²) in [6.45, 7) is 5.03. The van der Waals surface area contributed by atoms with Gasteiger partial charge < -0.3 is 36.5 Å². The molecule has 1 fully saturated rings. The summed E-state index contributed by atoms with van der Waals surface area (Å²) in [6, 6.07) is 5.14. The molecule has 13 nitrogen and oxygen atoms in total. The molecule has 1 saturated heterocycles. The third kappa shape index (κ3) is 9.71. The summed E-state index contributed by atoms with van der Waals surface area (Å²) in [6.07, 6.45) is -1.33. The van der Waals surface area contributed by atoms with E-state index in [9.17, 15) is 28.8 Å². The van der Waals surface area contributed by atoms with E-state index in [1.807, 2.05) is 6.07 Å². The number of esters is 1. The molecule has 0 unspecified atom stereocenters. The van der Waals surface area contributed by atoms with Crippen LogP contribution in [0, 0.1) is 0 Å². The molecular weight excluding hydrogens is 498 g/mol. The second-order valence-electron chi connectivity index (χ2n) is 9.88. The number of primary amides is 2. The first kappa shape index (κ1) is 30.1. The first-order valence-corrected chi connectivity index (χ1v) is 12.1. The molecule has 1 aromatic rings. The molecule has 38 heavy (non-hydrogen) atoms. The number of alkyl carbamates (subject to hydrolysis) is 1. The molecule has 0 spiro atoms. The van der Waals surface area contributed by atoms with Crippen LogP contribution in [0.25, 0.3) is 0 Å². The largest absolute Gasteiger partial charge is 0.459 e. The Hall–Kier alpha value is -4.16. The molecule has 5 amide bonds. The van der Waals surface area contributed by atoms with Crippen LogP contribution in [-0.4, -0.2) is 70.9 Å². The Morgan fingerprint density at radius 3 is 2.16 bits per heavy atom. The lowest BCUT2D eigenvalue weighted by atomic mass is 10.1. The van der Waals surface area contributed by atoms with Crippen molar-refractivity contribution in [2.45, 2.75) is 76.8 Å². The van der Waals surface area contributed by atoms with Gasteiger partial charge in [-0.25, -0.2) is 9.59 Å². The Balaban J connectivity index is 2.13. The van der Waals surface area contributed by atoms with Gasteiger partial charge in [-0.2, -0.15) is 0 Å². The minimum absolute atomic E-state index is 0.0186. The zero-order valence-corrected chi connectivity index (χ0v) is 21.7. The quantitative estimate of drug-likeness (QED) is 0.281. The van der Waals surface area contributed by atoms with Crippen molar-refractivity contribution >= 4 is 35.7 Å². The molecule has 0 bridgehead atoms. The van der Waals surface area contributed by atoms with Crippen molar-refractivity contribution in [1.82, 2.24) is 15.5 Å². The van der Waals surface area contributed by atoms with Gasteiger partial charge >= 0.3 is 12.1 Å². The van der Waals surface area contributed by atoms with Crippen molar-refractivity contribution < 1.29 is 38.2 Å². The van der Waals surface area contributed by atoms with Crippen LogP contribution < -0.4 is 22.1 Å². The van der Waals surface area contributed by atoms with Gasteiger partial charge in [0.25, 0.3) is 0 Å². The molecule has 1 aliphatic rings. The Bertz CT molecular complexity index is 1040. The summed E-state index contributed by atoms with van der Waals surface area (Å²) in [5, 5.41) is 4.60. The molecule has 13 heteroatoms. The number of likely N-dealkylation sites (tertiary alicyclic amines) is 1. The predicted octanol–water partition coefficient (Wildman–Crippen LogP) is -0.150. The molecule has 2 rings (SSSR count). The highest BCUT2D eigenvalue weighted by Gasteiger charge is 2.40. The number of ether oxygens (including phenoxy) is 2. The fourth-order valence-electron chi connectivity index (χ4n) is 3.83. The molecule has 0 aliphatic carbocycles. The summed E-state index contributed by atoms with van der Waals surface area (Å²) in [5.41, 5.74) is 10.4. The fourth-order valence-corrected chi connectivity index (χ4v) is 3.83. The molecule has 0 radical (unpaired) electrons. The number of benzene rings is 1. The van der Waals surface area contributed by atoms with Crippen molar-refractivity contribution in [2.24, 2.45) is 11.5 Å². The minimum Gasteiger partial charge on any atom is -0.459 e. The standard InChI is InChI=1S/C25H35N5O8/c1-25(2,3)38-24(36)29-16(12-19(26)31)21(33)28-17(13-20(27)32)22(34)30-11-7-10-18(30)23(35)37-14-15-8-5-4-6-9-15/h4-6,8-9,16-18H,7,10-14H2,1-3H3,(H2,26,31)(H2,27,32)(H,28,33)(H,29,36)/t16-,17-,18-/m0/s1. The lowest BCUT2D eigenvalue weighted by Gasteiger charge is -2.29. The lowest BCUT2D eigenvalue weighted by molar-refractivity contribution is -0.155. The number of hydrogen-bond acceptors (Lipinski definition) is 8. The summed E-state index contributed by atoms with van der Waals surface area (Å²) < 4.78 is 10.5. The van der Waals surface area contributed by atoms with E-state index in [0.717, 1.165) is 5.56 Å². The van der Waals surface area contributed by atoms with E-state index in [4.69, 9.17) is 20.9 Å². The molecule has 208 valence electrons. The van der Waals surface area contributed by atoms with Crippen LogP contribution in [0.1, 0.15) is 52.0 Å². The summed E-state index contributed by atoms with van der Waals surface area (Å²) in [4.78, 5) is 75.7. The predicted molar refractivity (Wildman–Crippen MR) is 134 cm³/mol. The number of nitrogens with one attached hydrogen (secondary N) is 2. The van der Waals surface area contributed by atoms with E-state index in [-0.39, 0.29) is 13.2 Å². The number of amides is 5. The Morgan fingerprint density at radius 1 is 0.974 bits per heavy atom. The number of nitrogens with zero attached hydrogens (tertiary/aromatic N) is 1. The third-order valence-corrected chi connectivity index (χ3v) is 5.46. The maximum absolute atomic E-state index is 13.4. The van der Waals surface area contributed by atoms with Crippen LogP contribution in [-0.2, 0) is 40.1 Å². The van der Waals surface area contributed by atoms with Gasteiger partial charge in [-0.3, -0.25) is 19.2 Å². The maximum atomic E-state index is 13.4. The van der Waals surface area contributed by atoms with Crippen LogP contribution in [0.2, 0.25) is 0 Å².